The van der Waals surface area contributed by atoms with Gasteiger partial charge in [0.25, 0.3) is 5.89 Å². The maximum atomic E-state index is 10.2. The molecule has 7 nitrogen and oxygen atoms in total. The van der Waals surface area contributed by atoms with E-state index in [0.29, 0.717) is 31.3 Å². The molecule has 1 saturated heterocycles. The van der Waals surface area contributed by atoms with Crippen LogP contribution >= 0.6 is 11.3 Å². The van der Waals surface area contributed by atoms with Crippen LogP contribution in [0.5, 0.6) is 0 Å². The molecule has 1 aliphatic rings. The van der Waals surface area contributed by atoms with Gasteiger partial charge in [0, 0.05) is 31.6 Å². The van der Waals surface area contributed by atoms with E-state index in [2.05, 4.69) is 15.0 Å². The fourth-order valence-corrected chi connectivity index (χ4v) is 3.26. The van der Waals surface area contributed by atoms with Crippen molar-refractivity contribution < 1.29 is 14.4 Å². The average molecular weight is 338 g/mol. The van der Waals surface area contributed by atoms with Crippen LogP contribution in [0.15, 0.2) is 21.3 Å². The van der Waals surface area contributed by atoms with Crippen molar-refractivity contribution in [3.05, 3.63) is 22.7 Å². The third kappa shape index (κ3) is 4.82. The van der Waals surface area contributed by atoms with E-state index in [1.165, 1.54) is 0 Å². The number of aliphatic hydroxyl groups excluding tert-OH is 1. The van der Waals surface area contributed by atoms with Gasteiger partial charge in [-0.25, -0.2) is 0 Å². The predicted molar refractivity (Wildman–Crippen MR) is 87.2 cm³/mol. The van der Waals surface area contributed by atoms with Gasteiger partial charge in [0.2, 0.25) is 0 Å². The lowest BCUT2D eigenvalue weighted by Gasteiger charge is -2.29. The molecule has 0 radical (unpaired) electrons. The molecule has 1 N–H and O–H groups in total. The zero-order chi connectivity index (χ0) is 16.1. The smallest absolute Gasteiger partial charge is 0.258 e. The van der Waals surface area contributed by atoms with Crippen LogP contribution in [0, 0.1) is 0 Å². The fourth-order valence-electron chi connectivity index (χ4n) is 2.63. The van der Waals surface area contributed by atoms with Crippen LogP contribution in [-0.2, 0) is 11.3 Å². The highest BCUT2D eigenvalue weighted by Gasteiger charge is 2.17. The van der Waals surface area contributed by atoms with Crippen LogP contribution in [0.1, 0.15) is 5.82 Å². The summed E-state index contributed by atoms with van der Waals surface area (Å²) >= 11 is 1.60. The van der Waals surface area contributed by atoms with E-state index in [0.717, 1.165) is 31.9 Å². The van der Waals surface area contributed by atoms with E-state index >= 15 is 0 Å². The molecule has 126 valence electrons. The number of hydrogen-bond donors (Lipinski definition) is 1. The van der Waals surface area contributed by atoms with E-state index in [1.807, 2.05) is 28.8 Å². The van der Waals surface area contributed by atoms with Crippen molar-refractivity contribution >= 4 is 11.3 Å². The second kappa shape index (κ2) is 7.98. The van der Waals surface area contributed by atoms with Crippen LogP contribution < -0.4 is 0 Å². The molecule has 8 heteroatoms. The summed E-state index contributed by atoms with van der Waals surface area (Å²) in [5.41, 5.74) is 0.948. The minimum atomic E-state index is -0.402. The largest absolute Gasteiger partial charge is 0.390 e. The molecule has 0 spiro atoms. The Balaban J connectivity index is 1.46. The Kier molecular flexibility index (Phi) is 5.74. The van der Waals surface area contributed by atoms with E-state index in [-0.39, 0.29) is 0 Å². The van der Waals surface area contributed by atoms with Gasteiger partial charge in [-0.2, -0.15) is 16.3 Å². The van der Waals surface area contributed by atoms with Gasteiger partial charge in [-0.15, -0.1) is 0 Å². The lowest BCUT2D eigenvalue weighted by atomic mass is 10.3. The van der Waals surface area contributed by atoms with Crippen molar-refractivity contribution in [2.24, 2.45) is 0 Å². The molecule has 0 bridgehead atoms. The maximum absolute atomic E-state index is 10.2. The molecule has 0 amide bonds. The summed E-state index contributed by atoms with van der Waals surface area (Å²) in [6.45, 7) is 5.05. The summed E-state index contributed by atoms with van der Waals surface area (Å²) in [6.07, 6.45) is -0.402. The number of likely N-dealkylation sites (N-methyl/N-ethyl adjacent to an activating group) is 1. The zero-order valence-corrected chi connectivity index (χ0v) is 14.0. The lowest BCUT2D eigenvalue weighted by Crippen LogP contribution is -2.44. The van der Waals surface area contributed by atoms with Gasteiger partial charge < -0.3 is 14.4 Å². The third-order valence-electron chi connectivity index (χ3n) is 3.74. The van der Waals surface area contributed by atoms with Gasteiger partial charge in [0.15, 0.2) is 5.82 Å². The van der Waals surface area contributed by atoms with Crippen LogP contribution in [0.4, 0.5) is 0 Å². The number of hydrogen-bond acceptors (Lipinski definition) is 8. The van der Waals surface area contributed by atoms with Gasteiger partial charge in [-0.3, -0.25) is 9.80 Å². The summed E-state index contributed by atoms with van der Waals surface area (Å²) in [5.74, 6) is 1.18. The van der Waals surface area contributed by atoms with Crippen molar-refractivity contribution in [2.75, 3.05) is 46.4 Å². The number of morpholine rings is 1. The second-order valence-electron chi connectivity index (χ2n) is 5.79. The molecule has 1 unspecified atom stereocenters. The molecule has 2 aromatic heterocycles. The molecule has 3 heterocycles. The molecule has 1 atom stereocenters. The molecule has 1 aliphatic heterocycles. The predicted octanol–water partition coefficient (Wildman–Crippen LogP) is 0.923. The number of ether oxygens (including phenoxy) is 1. The standard InChI is InChI=1S/C15H22N4O3S/c1-18(8-13(20)9-19-3-5-21-6-4-19)10-14-16-15(22-17-14)12-2-7-23-11-12/h2,7,11,13,20H,3-6,8-10H2,1H3. The highest BCUT2D eigenvalue weighted by Crippen LogP contribution is 2.20. The first kappa shape index (κ1) is 16.5. The molecule has 2 aromatic rings. The Labute approximate surface area is 139 Å². The molecule has 1 fully saturated rings. The Morgan fingerprint density at radius 3 is 3.00 bits per heavy atom. The molecule has 23 heavy (non-hydrogen) atoms. The summed E-state index contributed by atoms with van der Waals surface area (Å²) in [6, 6.07) is 1.96. The van der Waals surface area contributed by atoms with E-state index < -0.39 is 6.10 Å². The average Bonchev–Trinajstić information content (AvgIpc) is 3.18. The van der Waals surface area contributed by atoms with Crippen molar-refractivity contribution in [2.45, 2.75) is 12.6 Å². The highest BCUT2D eigenvalue weighted by atomic mass is 32.1. The summed E-state index contributed by atoms with van der Waals surface area (Å²) in [7, 11) is 1.95. The minimum absolute atomic E-state index is 0.402. The monoisotopic (exact) mass is 338 g/mol. The first-order valence-corrected chi connectivity index (χ1v) is 8.67. The first-order valence-electron chi connectivity index (χ1n) is 7.72. The Morgan fingerprint density at radius 2 is 2.26 bits per heavy atom. The SMILES string of the molecule is CN(Cc1noc(-c2ccsc2)n1)CC(O)CN1CCOCC1. The number of aromatic nitrogens is 2. The van der Waals surface area contributed by atoms with Crippen molar-refractivity contribution in [1.82, 2.24) is 19.9 Å². The van der Waals surface area contributed by atoms with Gasteiger partial charge in [-0.1, -0.05) is 5.16 Å². The number of thiophene rings is 1. The molecule has 0 aromatic carbocycles. The Bertz CT molecular complexity index is 583. The van der Waals surface area contributed by atoms with Crippen LogP contribution in [-0.4, -0.2) is 77.6 Å². The van der Waals surface area contributed by atoms with E-state index in [1.54, 1.807) is 11.3 Å². The second-order valence-corrected chi connectivity index (χ2v) is 6.57. The molecular formula is C15H22N4O3S. The van der Waals surface area contributed by atoms with Crippen LogP contribution in [0.2, 0.25) is 0 Å². The van der Waals surface area contributed by atoms with Crippen molar-refractivity contribution in [1.29, 1.82) is 0 Å². The van der Waals surface area contributed by atoms with Gasteiger partial charge in [0.05, 0.1) is 31.4 Å². The zero-order valence-electron chi connectivity index (χ0n) is 13.2. The lowest BCUT2D eigenvalue weighted by molar-refractivity contribution is 0.00808. The Hall–Kier alpha value is -1.32. The minimum Gasteiger partial charge on any atom is -0.390 e. The van der Waals surface area contributed by atoms with Gasteiger partial charge in [-0.05, 0) is 18.5 Å². The number of rotatable bonds is 7. The van der Waals surface area contributed by atoms with Gasteiger partial charge >= 0.3 is 0 Å². The number of aliphatic hydroxyl groups is 1. The molecule has 3 rings (SSSR count). The van der Waals surface area contributed by atoms with Crippen LogP contribution in [0.3, 0.4) is 0 Å². The summed E-state index contributed by atoms with van der Waals surface area (Å²) in [5, 5.41) is 18.2. The molecular weight excluding hydrogens is 316 g/mol. The highest BCUT2D eigenvalue weighted by molar-refractivity contribution is 7.08. The van der Waals surface area contributed by atoms with E-state index in [4.69, 9.17) is 9.26 Å². The first-order chi connectivity index (χ1) is 11.2. The number of nitrogens with zero attached hydrogens (tertiary/aromatic N) is 4. The van der Waals surface area contributed by atoms with Gasteiger partial charge in [0.1, 0.15) is 0 Å². The molecule has 0 saturated carbocycles. The summed E-state index contributed by atoms with van der Waals surface area (Å²) < 4.78 is 10.6. The maximum Gasteiger partial charge on any atom is 0.258 e. The Morgan fingerprint density at radius 1 is 1.43 bits per heavy atom. The van der Waals surface area contributed by atoms with Crippen molar-refractivity contribution in [3.8, 4) is 11.5 Å². The van der Waals surface area contributed by atoms with E-state index in [9.17, 15) is 5.11 Å². The van der Waals surface area contributed by atoms with Crippen LogP contribution in [0.25, 0.3) is 11.5 Å². The third-order valence-corrected chi connectivity index (χ3v) is 4.43. The fraction of sp³-hybridized carbons (Fsp3) is 0.600. The number of β-amino-alcohol motifs (C(OH)–C–C–N with tert-alkyl or cyclic N) is 1. The quantitative estimate of drug-likeness (QED) is 0.805. The molecule has 0 aliphatic carbocycles. The normalized spacial score (nSPS) is 17.7. The summed E-state index contributed by atoms with van der Waals surface area (Å²) in [4.78, 5) is 8.63. The van der Waals surface area contributed by atoms with Crippen molar-refractivity contribution in [3.63, 3.8) is 0 Å². The topological polar surface area (TPSA) is 74.9 Å².